The van der Waals surface area contributed by atoms with E-state index in [1.54, 1.807) is 29.3 Å². The van der Waals surface area contributed by atoms with Gasteiger partial charge in [-0.15, -0.1) is 0 Å². The van der Waals surface area contributed by atoms with Crippen molar-refractivity contribution in [1.29, 1.82) is 5.26 Å². The lowest BCUT2D eigenvalue weighted by Crippen LogP contribution is -2.57. The Bertz CT molecular complexity index is 797. The fourth-order valence-corrected chi connectivity index (χ4v) is 2.45. The number of hydrogen-bond acceptors (Lipinski definition) is 5. The predicted molar refractivity (Wildman–Crippen MR) is 91.6 cm³/mol. The molecule has 1 aromatic carbocycles. The number of nitriles is 1. The summed E-state index contributed by atoms with van der Waals surface area (Å²) in [6.07, 6.45) is 1.40. The molecule has 25 heavy (non-hydrogen) atoms. The number of para-hydroxylation sites is 2. The average molecular weight is 338 g/mol. The van der Waals surface area contributed by atoms with Gasteiger partial charge < -0.3 is 19.7 Å². The van der Waals surface area contributed by atoms with Crippen molar-refractivity contribution in [2.75, 3.05) is 25.0 Å². The van der Waals surface area contributed by atoms with Gasteiger partial charge in [-0.3, -0.25) is 0 Å². The number of hydrogen-bond donors (Lipinski definition) is 1. The number of carbonyl (C=O) groups is 1. The fourth-order valence-electron chi connectivity index (χ4n) is 2.45. The van der Waals surface area contributed by atoms with Crippen molar-refractivity contribution in [3.8, 4) is 17.7 Å². The number of carbonyl (C=O) groups excluding carboxylic acids is 1. The molecule has 1 aliphatic heterocycles. The topological polar surface area (TPSA) is 87.5 Å². The zero-order valence-corrected chi connectivity index (χ0v) is 13.8. The molecule has 0 radical (unpaired) electrons. The van der Waals surface area contributed by atoms with Gasteiger partial charge in [-0.2, -0.15) is 5.26 Å². The molecule has 1 aromatic heterocycles. The maximum Gasteiger partial charge on any atom is 0.322 e. The lowest BCUT2D eigenvalue weighted by atomic mass is 10.2. The molecule has 0 spiro atoms. The van der Waals surface area contributed by atoms with E-state index in [1.807, 2.05) is 31.2 Å². The lowest BCUT2D eigenvalue weighted by Gasteiger charge is -2.38. The molecule has 1 aliphatic rings. The number of rotatable bonds is 5. The Morgan fingerprint density at radius 1 is 1.36 bits per heavy atom. The van der Waals surface area contributed by atoms with Crippen LogP contribution in [-0.4, -0.2) is 41.7 Å². The number of amides is 2. The van der Waals surface area contributed by atoms with E-state index in [0.717, 1.165) is 0 Å². The van der Waals surface area contributed by atoms with E-state index in [-0.39, 0.29) is 12.1 Å². The first kappa shape index (κ1) is 16.6. The Morgan fingerprint density at radius 2 is 2.16 bits per heavy atom. The third-order valence-corrected chi connectivity index (χ3v) is 3.73. The van der Waals surface area contributed by atoms with E-state index in [1.165, 1.54) is 0 Å². The van der Waals surface area contributed by atoms with Gasteiger partial charge in [0.15, 0.2) is 0 Å². The van der Waals surface area contributed by atoms with E-state index >= 15 is 0 Å². The zero-order valence-electron chi connectivity index (χ0n) is 13.8. The minimum Gasteiger partial charge on any atom is -0.492 e. The van der Waals surface area contributed by atoms with Gasteiger partial charge in [-0.05, 0) is 31.2 Å². The van der Waals surface area contributed by atoms with E-state index in [9.17, 15) is 4.79 Å². The van der Waals surface area contributed by atoms with Crippen molar-refractivity contribution in [2.45, 2.75) is 13.0 Å². The van der Waals surface area contributed by atoms with E-state index in [0.29, 0.717) is 42.6 Å². The Kier molecular flexibility index (Phi) is 5.00. The number of benzene rings is 1. The fraction of sp³-hybridized carbons (Fsp3) is 0.278. The van der Waals surface area contributed by atoms with Gasteiger partial charge in [-0.25, -0.2) is 9.78 Å². The highest BCUT2D eigenvalue weighted by Crippen LogP contribution is 2.25. The molecule has 1 saturated heterocycles. The quantitative estimate of drug-likeness (QED) is 0.905. The van der Waals surface area contributed by atoms with Gasteiger partial charge >= 0.3 is 6.03 Å². The summed E-state index contributed by atoms with van der Waals surface area (Å²) in [5, 5.41) is 11.9. The van der Waals surface area contributed by atoms with Gasteiger partial charge in [0.05, 0.1) is 25.4 Å². The standard InChI is InChI=1S/C18H18N4O3/c1-2-24-16-8-4-3-7-15(16)21-18(23)22-11-14(12-22)25-17-13(10-19)6-5-9-20-17/h3-9,14H,2,11-12H2,1H3,(H,21,23). The average Bonchev–Trinajstić information content (AvgIpc) is 2.60. The molecule has 2 aromatic rings. The van der Waals surface area contributed by atoms with Gasteiger partial charge in [0, 0.05) is 6.20 Å². The summed E-state index contributed by atoms with van der Waals surface area (Å²) in [7, 11) is 0. The summed E-state index contributed by atoms with van der Waals surface area (Å²) in [6.45, 7) is 3.29. The summed E-state index contributed by atoms with van der Waals surface area (Å²) >= 11 is 0. The van der Waals surface area contributed by atoms with Crippen LogP contribution < -0.4 is 14.8 Å². The lowest BCUT2D eigenvalue weighted by molar-refractivity contribution is 0.0458. The third-order valence-electron chi connectivity index (χ3n) is 3.73. The monoisotopic (exact) mass is 338 g/mol. The second-order valence-electron chi connectivity index (χ2n) is 5.47. The van der Waals surface area contributed by atoms with Crippen molar-refractivity contribution in [1.82, 2.24) is 9.88 Å². The molecule has 128 valence electrons. The molecule has 0 atom stereocenters. The van der Waals surface area contributed by atoms with Crippen molar-refractivity contribution in [3.63, 3.8) is 0 Å². The van der Waals surface area contributed by atoms with E-state index < -0.39 is 0 Å². The molecule has 0 aliphatic carbocycles. The predicted octanol–water partition coefficient (Wildman–Crippen LogP) is 2.65. The van der Waals surface area contributed by atoms with Crippen molar-refractivity contribution in [3.05, 3.63) is 48.2 Å². The molecule has 0 bridgehead atoms. The Labute approximate surface area is 145 Å². The molecule has 2 amide bonds. The van der Waals surface area contributed by atoms with Crippen molar-refractivity contribution >= 4 is 11.7 Å². The normalized spacial score (nSPS) is 13.5. The van der Waals surface area contributed by atoms with Crippen LogP contribution in [0.25, 0.3) is 0 Å². The Balaban J connectivity index is 1.54. The van der Waals surface area contributed by atoms with Crippen LogP contribution >= 0.6 is 0 Å². The van der Waals surface area contributed by atoms with Gasteiger partial charge in [0.25, 0.3) is 0 Å². The summed E-state index contributed by atoms with van der Waals surface area (Å²) in [6, 6.07) is 12.5. The zero-order chi connectivity index (χ0) is 17.6. The van der Waals surface area contributed by atoms with Crippen LogP contribution in [0, 0.1) is 11.3 Å². The minimum absolute atomic E-state index is 0.171. The summed E-state index contributed by atoms with van der Waals surface area (Å²) in [5.74, 6) is 0.940. The molecule has 0 unspecified atom stereocenters. The van der Waals surface area contributed by atoms with Crippen LogP contribution in [0.5, 0.6) is 11.6 Å². The number of pyridine rings is 1. The SMILES string of the molecule is CCOc1ccccc1NC(=O)N1CC(Oc2ncccc2C#N)C1. The molecule has 3 rings (SSSR count). The maximum atomic E-state index is 12.3. The number of nitrogens with one attached hydrogen (secondary N) is 1. The molecule has 7 heteroatoms. The number of aromatic nitrogens is 1. The van der Waals surface area contributed by atoms with Crippen LogP contribution in [0.3, 0.4) is 0 Å². The van der Waals surface area contributed by atoms with Crippen LogP contribution in [0.15, 0.2) is 42.6 Å². The molecule has 2 heterocycles. The van der Waals surface area contributed by atoms with E-state index in [2.05, 4.69) is 10.3 Å². The number of likely N-dealkylation sites (tertiary alicyclic amines) is 1. The molecule has 7 nitrogen and oxygen atoms in total. The number of anilines is 1. The smallest absolute Gasteiger partial charge is 0.322 e. The first-order chi connectivity index (χ1) is 12.2. The second-order valence-corrected chi connectivity index (χ2v) is 5.47. The van der Waals surface area contributed by atoms with Gasteiger partial charge in [0.2, 0.25) is 5.88 Å². The van der Waals surface area contributed by atoms with Crippen LogP contribution in [-0.2, 0) is 0 Å². The van der Waals surface area contributed by atoms with E-state index in [4.69, 9.17) is 14.7 Å². The molecular weight excluding hydrogens is 320 g/mol. The van der Waals surface area contributed by atoms with Crippen LogP contribution in [0.4, 0.5) is 10.5 Å². The highest BCUT2D eigenvalue weighted by Gasteiger charge is 2.33. The molecule has 1 N–H and O–H groups in total. The second kappa shape index (κ2) is 7.53. The van der Waals surface area contributed by atoms with Gasteiger partial charge in [-0.1, -0.05) is 12.1 Å². The maximum absolute atomic E-state index is 12.3. The summed E-state index contributed by atoms with van der Waals surface area (Å²) < 4.78 is 11.2. The number of nitrogens with zero attached hydrogens (tertiary/aromatic N) is 3. The number of ether oxygens (including phenoxy) is 2. The highest BCUT2D eigenvalue weighted by atomic mass is 16.5. The Hall–Kier alpha value is -3.27. The Morgan fingerprint density at radius 3 is 2.92 bits per heavy atom. The molecule has 0 saturated carbocycles. The first-order valence-corrected chi connectivity index (χ1v) is 8.00. The van der Waals surface area contributed by atoms with Crippen LogP contribution in [0.1, 0.15) is 12.5 Å². The summed E-state index contributed by atoms with van der Waals surface area (Å²) in [4.78, 5) is 18.0. The number of urea groups is 1. The van der Waals surface area contributed by atoms with Crippen molar-refractivity contribution < 1.29 is 14.3 Å². The molecular formula is C18H18N4O3. The first-order valence-electron chi connectivity index (χ1n) is 8.00. The molecule has 1 fully saturated rings. The third kappa shape index (κ3) is 3.80. The minimum atomic E-state index is -0.214. The highest BCUT2D eigenvalue weighted by molar-refractivity contribution is 5.91. The summed E-state index contributed by atoms with van der Waals surface area (Å²) in [5.41, 5.74) is 1.02. The largest absolute Gasteiger partial charge is 0.492 e. The van der Waals surface area contributed by atoms with Crippen molar-refractivity contribution in [2.24, 2.45) is 0 Å². The van der Waals surface area contributed by atoms with Crippen LogP contribution in [0.2, 0.25) is 0 Å². The van der Waals surface area contributed by atoms with Gasteiger partial charge in [0.1, 0.15) is 23.5 Å².